The molecule has 24 aliphatic heterocycles. The van der Waals surface area contributed by atoms with Crippen LogP contribution in [0.15, 0.2) is 77.5 Å². The maximum atomic E-state index is 12.3. The summed E-state index contributed by atoms with van der Waals surface area (Å²) in [4.78, 5) is 9.92. The zero-order valence-corrected chi connectivity index (χ0v) is 64.4. The molecule has 22 bridgehead atoms. The molecule has 42 heteroatoms. The number of aliphatic hydroxyl groups is 19. The molecular weight excluding hydrogens is 1600 g/mol. The van der Waals surface area contributed by atoms with Crippen molar-refractivity contribution >= 4 is 72.1 Å². The van der Waals surface area contributed by atoms with Crippen molar-refractivity contribution in [2.45, 2.75) is 260 Å². The van der Waals surface area contributed by atoms with Gasteiger partial charge < -0.3 is 190 Å². The number of aromatic hydroxyl groups is 1. The van der Waals surface area contributed by atoms with Crippen molar-refractivity contribution in [2.75, 3.05) is 55.5 Å². The Hall–Kier alpha value is -5.76. The maximum Gasteiger partial charge on any atom is 0.187 e. The van der Waals surface area contributed by atoms with E-state index in [0.29, 0.717) is 27.9 Å². The van der Waals surface area contributed by atoms with Gasteiger partial charge in [-0.15, -0.1) is 22.7 Å². The van der Waals surface area contributed by atoms with Crippen LogP contribution in [0.1, 0.15) is 39.8 Å². The first-order valence-corrected chi connectivity index (χ1v) is 40.7. The Morgan fingerprint density at radius 2 is 0.729 bits per heavy atom. The molecule has 26 heterocycles. The zero-order chi connectivity index (χ0) is 82.8. The van der Waals surface area contributed by atoms with Gasteiger partial charge in [-0.1, -0.05) is 36.4 Å². The second-order valence-corrected chi connectivity index (χ2v) is 32.8. The number of hydrogen-bond acceptors (Lipinski definition) is 42. The van der Waals surface area contributed by atoms with Crippen LogP contribution < -0.4 is 21.3 Å². The minimum absolute atomic E-state index is 0.00844. The van der Waals surface area contributed by atoms with E-state index in [1.807, 2.05) is 23.6 Å². The van der Waals surface area contributed by atoms with Crippen LogP contribution in [0.3, 0.4) is 0 Å². The van der Waals surface area contributed by atoms with Crippen molar-refractivity contribution in [1.82, 2.24) is 15.3 Å². The van der Waals surface area contributed by atoms with Crippen LogP contribution in [0.25, 0.3) is 32.3 Å². The van der Waals surface area contributed by atoms with Gasteiger partial charge in [-0.05, 0) is 71.3 Å². The van der Waals surface area contributed by atoms with Gasteiger partial charge in [0, 0.05) is 63.6 Å². The van der Waals surface area contributed by atoms with E-state index in [9.17, 15) is 102 Å². The first-order valence-electron chi connectivity index (χ1n) is 39.0. The lowest BCUT2D eigenvalue weighted by molar-refractivity contribution is -0.396. The zero-order valence-electron chi connectivity index (χ0n) is 62.8. The molecule has 0 saturated carbocycles. The summed E-state index contributed by atoms with van der Waals surface area (Å²) in [6.07, 6.45) is -69.3. The van der Waals surface area contributed by atoms with Crippen LogP contribution in [-0.2, 0) is 98.9 Å². The normalized spacial score (nSPS) is 41.4. The fraction of sp³-hybridized carbons (Fsp3) is 0.632. The van der Waals surface area contributed by atoms with E-state index >= 15 is 0 Å². The van der Waals surface area contributed by atoms with Gasteiger partial charge in [-0.25, -0.2) is 9.97 Å². The van der Waals surface area contributed by atoms with E-state index in [1.165, 1.54) is 22.7 Å². The Kier molecular flexibility index (Phi) is 26.6. The fourth-order valence-corrected chi connectivity index (χ4v) is 18.4. The van der Waals surface area contributed by atoms with E-state index in [-0.39, 0.29) is 51.2 Å². The molecule has 5 aromatic carbocycles. The molecule has 0 radical (unpaired) electrons. The Bertz CT molecular complexity index is 4320. The summed E-state index contributed by atoms with van der Waals surface area (Å²) in [5.41, 5.74) is 4.46. The van der Waals surface area contributed by atoms with Gasteiger partial charge in [0.15, 0.2) is 44.0 Å². The van der Waals surface area contributed by atoms with E-state index < -0.39 is 248 Å². The molecule has 21 saturated heterocycles. The molecule has 35 unspecified atom stereocenters. The Morgan fingerprint density at radius 1 is 0.373 bits per heavy atom. The molecule has 24 N–H and O–H groups in total. The SMILES string of the molecule is OCC1OC2OC3C(CO)OC(OC4C5CNCc6csc(n6)CNc6cc(c7ccc8cc(NCc9ccc(O)cc9)cc9ccc6c7c89)NCc6nc(cs6)CCCC6OC(OC7C(CO)OC(OC1C(O)C2O)C(O)C7O)C(O)C(O)C6OC1OC(CO)C(OC2OC(CO)C(OC(O5)C(O)C4O)C(O)C2O)C(O)C1O)C(O)C3O. The molecule has 0 amide bonds. The lowest BCUT2D eigenvalue weighted by Crippen LogP contribution is -2.68. The first kappa shape index (κ1) is 85.8. The summed E-state index contributed by atoms with van der Waals surface area (Å²) in [7, 11) is 0. The molecule has 648 valence electrons. The van der Waals surface area contributed by atoms with Crippen LogP contribution >= 0.6 is 22.7 Å². The number of ether oxygens (including phenoxy) is 14. The predicted molar refractivity (Wildman–Crippen MR) is 403 cm³/mol. The van der Waals surface area contributed by atoms with Gasteiger partial charge in [-0.2, -0.15) is 0 Å². The van der Waals surface area contributed by atoms with E-state index in [2.05, 4.69) is 57.7 Å². The van der Waals surface area contributed by atoms with Gasteiger partial charge in [0.2, 0.25) is 0 Å². The lowest BCUT2D eigenvalue weighted by atomic mass is 9.92. The van der Waals surface area contributed by atoms with E-state index in [4.69, 9.17) is 76.3 Å². The highest BCUT2D eigenvalue weighted by Gasteiger charge is 2.60. The molecule has 0 spiro atoms. The summed E-state index contributed by atoms with van der Waals surface area (Å²) in [6.45, 7) is -4.61. The Balaban J connectivity index is 0.762. The highest BCUT2D eigenvalue weighted by Crippen LogP contribution is 2.45. The van der Waals surface area contributed by atoms with E-state index in [0.717, 1.165) is 54.9 Å². The molecule has 7 aromatic rings. The summed E-state index contributed by atoms with van der Waals surface area (Å²) in [5, 5.41) is 256. The smallest absolute Gasteiger partial charge is 0.187 e. The quantitative estimate of drug-likeness (QED) is 0.0631. The molecule has 21 fully saturated rings. The van der Waals surface area contributed by atoms with Crippen molar-refractivity contribution < 1.29 is 168 Å². The number of thiazole rings is 2. The Morgan fingerprint density at radius 3 is 1.14 bits per heavy atom. The predicted octanol–water partition coefficient (Wildman–Crippen LogP) is -5.74. The van der Waals surface area contributed by atoms with Gasteiger partial charge in [-0.3, -0.25) is 0 Å². The molecule has 118 heavy (non-hydrogen) atoms. The molecule has 31 rings (SSSR count). The summed E-state index contributed by atoms with van der Waals surface area (Å²) in [5.74, 6) is 0.159. The van der Waals surface area contributed by atoms with Crippen molar-refractivity contribution in [3.63, 3.8) is 0 Å². The van der Waals surface area contributed by atoms with E-state index in [1.54, 1.807) is 17.5 Å². The summed E-state index contributed by atoms with van der Waals surface area (Å²) >= 11 is 2.71. The minimum Gasteiger partial charge on any atom is -0.508 e. The largest absolute Gasteiger partial charge is 0.508 e. The van der Waals surface area contributed by atoms with Crippen LogP contribution in [0.4, 0.5) is 17.1 Å². The third-order valence-electron chi connectivity index (χ3n) is 23.2. The average molecular weight is 1700 g/mol. The standard InChI is InChI=1S/C76H98N6O34S2/c83-20-40-65-53(93)60(100)74(107-40)116-69-44(24-87)109-76(62(102)55(69)95)115-68-43(23-86)106-73(59(99)52(68)92)111-64-39-17-77-16-32-26-118-46(82-32)19-80-37-14-36(34-10-6-28-12-31(78-15-27-4-8-33(88)9-5-27)13-29-7-11-35(37)48(34)47(28)29)79-18-45-81-30(25-117-45)2-1-3-38-63(49(89)56(96)70(103-38)112-65)110-72-58(98)51(91)67(42(22-85)105-72)114-75-61(101)54(94)66(41(21-84)108-75)113-71(104-39)57(97)50(64)90/h4-14,25-26,38-44,49-80,83-102H,1-3,15-24H2. The minimum atomic E-state index is -2.22. The van der Waals surface area contributed by atoms with Crippen LogP contribution in [-0.4, -0.2) is 367 Å². The molecular formula is C76H98N6O34S2. The number of aromatic nitrogens is 2. The average Bonchev–Trinajstić information content (AvgIpc) is 0.758. The third-order valence-corrected chi connectivity index (χ3v) is 25.0. The van der Waals surface area contributed by atoms with Gasteiger partial charge >= 0.3 is 0 Å². The second kappa shape index (κ2) is 36.6. The number of nitrogens with zero attached hydrogens (tertiary/aromatic N) is 2. The number of benzene rings is 5. The topological polar surface area (TPSA) is 608 Å². The van der Waals surface area contributed by atoms with Gasteiger partial charge in [0.25, 0.3) is 0 Å². The number of hydrogen-bond donors (Lipinski definition) is 24. The first-order chi connectivity index (χ1) is 56.9. The molecule has 40 nitrogen and oxygen atoms in total. The summed E-state index contributed by atoms with van der Waals surface area (Å²) in [6, 6.07) is 21.3. The maximum absolute atomic E-state index is 12.3. The highest BCUT2D eigenvalue weighted by atomic mass is 32.1. The van der Waals surface area contributed by atoms with Crippen molar-refractivity contribution in [3.05, 3.63) is 104 Å². The van der Waals surface area contributed by atoms with Crippen molar-refractivity contribution in [2.24, 2.45) is 0 Å². The Labute approximate surface area is 678 Å². The van der Waals surface area contributed by atoms with Crippen molar-refractivity contribution in [3.8, 4) is 5.75 Å². The monoisotopic (exact) mass is 1700 g/mol. The highest BCUT2D eigenvalue weighted by molar-refractivity contribution is 7.10. The molecule has 2 aromatic heterocycles. The van der Waals surface area contributed by atoms with Crippen LogP contribution in [0, 0.1) is 0 Å². The number of aryl methyl sites for hydroxylation is 1. The number of nitrogens with one attached hydrogen (secondary N) is 4. The molecule has 35 atom stereocenters. The van der Waals surface area contributed by atoms with Gasteiger partial charge in [0.1, 0.15) is 181 Å². The number of rotatable bonds is 8. The van der Waals surface area contributed by atoms with Crippen LogP contribution in [0.5, 0.6) is 5.75 Å². The number of phenols is 1. The second-order valence-electron chi connectivity index (χ2n) is 30.9. The lowest BCUT2D eigenvalue weighted by Gasteiger charge is -2.50. The fourth-order valence-electron chi connectivity index (χ4n) is 16.9. The van der Waals surface area contributed by atoms with Crippen LogP contribution in [0.2, 0.25) is 0 Å². The number of phenolic OH excluding ortho intramolecular Hbond substituents is 1. The van der Waals surface area contributed by atoms with Crippen molar-refractivity contribution in [1.29, 1.82) is 0 Å². The number of anilines is 3. The molecule has 0 aliphatic carbocycles. The summed E-state index contributed by atoms with van der Waals surface area (Å²) < 4.78 is 85.2. The third kappa shape index (κ3) is 17.1. The molecule has 24 aliphatic rings. The number of aliphatic hydroxyl groups excluding tert-OH is 19. The van der Waals surface area contributed by atoms with Gasteiger partial charge in [0.05, 0.1) is 63.6 Å².